The molecule has 1 N–H and O–H groups in total. The van der Waals surface area contributed by atoms with Gasteiger partial charge in [0.15, 0.2) is 5.75 Å². The number of esters is 1. The van der Waals surface area contributed by atoms with Crippen LogP contribution in [0.2, 0.25) is 5.02 Å². The summed E-state index contributed by atoms with van der Waals surface area (Å²) in [5.41, 5.74) is 2.12. The monoisotopic (exact) mass is 356 g/mol. The number of rotatable bonds is 5. The summed E-state index contributed by atoms with van der Waals surface area (Å²) in [6, 6.07) is 8.70. The van der Waals surface area contributed by atoms with Crippen LogP contribution in [0.1, 0.15) is 42.0 Å². The Morgan fingerprint density at radius 1 is 1.20 bits per heavy atom. The third-order valence-electron chi connectivity index (χ3n) is 3.91. The Balaban J connectivity index is 2.14. The maximum Gasteiger partial charge on any atom is 0.310 e. The van der Waals surface area contributed by atoms with Crippen molar-refractivity contribution in [3.05, 3.63) is 58.5 Å². The lowest BCUT2D eigenvalue weighted by Gasteiger charge is -2.05. The van der Waals surface area contributed by atoms with Gasteiger partial charge in [-0.05, 0) is 42.3 Å². The van der Waals surface area contributed by atoms with Gasteiger partial charge in [0.2, 0.25) is 5.78 Å². The normalized spacial score (nSPS) is 10.8. The average molecular weight is 357 g/mol. The number of ether oxygens (including phenoxy) is 1. The summed E-state index contributed by atoms with van der Waals surface area (Å²) in [5.74, 6) is -0.533. The van der Waals surface area contributed by atoms with E-state index in [0.29, 0.717) is 21.6 Å². The number of carbonyl (C=O) groups excluding carboxylic acids is 2. The van der Waals surface area contributed by atoms with Crippen LogP contribution in [0.15, 0.2) is 36.5 Å². The molecule has 2 aromatic heterocycles. The smallest absolute Gasteiger partial charge is 0.310 e. The topological polar surface area (TPSA) is 72.1 Å². The number of aromatic amines is 1. The Labute approximate surface area is 150 Å². The van der Waals surface area contributed by atoms with Crippen LogP contribution >= 0.6 is 11.6 Å². The molecule has 0 fully saturated rings. The van der Waals surface area contributed by atoms with E-state index >= 15 is 0 Å². The molecule has 25 heavy (non-hydrogen) atoms. The predicted molar refractivity (Wildman–Crippen MR) is 96.3 cm³/mol. The molecule has 0 unspecified atom stereocenters. The Morgan fingerprint density at radius 3 is 2.72 bits per heavy atom. The number of pyridine rings is 1. The van der Waals surface area contributed by atoms with E-state index in [9.17, 15) is 9.59 Å². The van der Waals surface area contributed by atoms with Gasteiger partial charge in [0.1, 0.15) is 11.4 Å². The number of nitrogens with zero attached hydrogens (tertiary/aromatic N) is 1. The van der Waals surface area contributed by atoms with Crippen molar-refractivity contribution < 1.29 is 14.3 Å². The second-order valence-corrected chi connectivity index (χ2v) is 6.02. The highest BCUT2D eigenvalue weighted by Gasteiger charge is 2.23. The molecule has 0 atom stereocenters. The van der Waals surface area contributed by atoms with E-state index in [1.165, 1.54) is 0 Å². The highest BCUT2D eigenvalue weighted by molar-refractivity contribution is 6.31. The van der Waals surface area contributed by atoms with E-state index in [4.69, 9.17) is 16.3 Å². The third kappa shape index (κ3) is 3.42. The molecule has 1 aromatic carbocycles. The number of benzene rings is 1. The van der Waals surface area contributed by atoms with Crippen molar-refractivity contribution in [1.82, 2.24) is 9.97 Å². The Morgan fingerprint density at radius 2 is 2.00 bits per heavy atom. The average Bonchev–Trinajstić information content (AvgIpc) is 2.98. The van der Waals surface area contributed by atoms with Crippen molar-refractivity contribution in [3.63, 3.8) is 0 Å². The zero-order valence-electron chi connectivity index (χ0n) is 13.9. The van der Waals surface area contributed by atoms with Crippen LogP contribution in [0.5, 0.6) is 5.75 Å². The lowest BCUT2D eigenvalue weighted by molar-refractivity contribution is -0.133. The maximum atomic E-state index is 12.9. The molecule has 0 saturated heterocycles. The van der Waals surface area contributed by atoms with Crippen LogP contribution in [0.4, 0.5) is 0 Å². The lowest BCUT2D eigenvalue weighted by Crippen LogP contribution is -2.11. The lowest BCUT2D eigenvalue weighted by atomic mass is 10.1. The number of carbonyl (C=O) groups is 2. The number of aromatic nitrogens is 2. The van der Waals surface area contributed by atoms with Gasteiger partial charge in [-0.25, -0.2) is 0 Å². The fraction of sp³-hybridized carbons (Fsp3) is 0.211. The molecule has 3 aromatic rings. The first-order valence-corrected chi connectivity index (χ1v) is 8.42. The van der Waals surface area contributed by atoms with Gasteiger partial charge >= 0.3 is 5.97 Å². The molecule has 5 nitrogen and oxygen atoms in total. The van der Waals surface area contributed by atoms with Crippen molar-refractivity contribution in [3.8, 4) is 5.75 Å². The predicted octanol–water partition coefficient (Wildman–Crippen LogP) is 4.33. The van der Waals surface area contributed by atoms with E-state index < -0.39 is 5.97 Å². The zero-order valence-corrected chi connectivity index (χ0v) is 14.7. The fourth-order valence-corrected chi connectivity index (χ4v) is 2.71. The van der Waals surface area contributed by atoms with E-state index in [0.717, 1.165) is 12.0 Å². The molecular formula is C19H17ClN2O3. The van der Waals surface area contributed by atoms with Gasteiger partial charge in [0.25, 0.3) is 0 Å². The zero-order chi connectivity index (χ0) is 18.0. The highest BCUT2D eigenvalue weighted by Crippen LogP contribution is 2.33. The summed E-state index contributed by atoms with van der Waals surface area (Å²) in [6.45, 7) is 3.70. The molecule has 0 saturated carbocycles. The van der Waals surface area contributed by atoms with E-state index in [-0.39, 0.29) is 23.6 Å². The molecule has 0 aliphatic carbocycles. The highest BCUT2D eigenvalue weighted by atomic mass is 35.5. The molecule has 6 heteroatoms. The molecule has 2 heterocycles. The number of nitrogens with one attached hydrogen (secondary N) is 1. The van der Waals surface area contributed by atoms with Crippen molar-refractivity contribution in [2.75, 3.05) is 0 Å². The van der Waals surface area contributed by atoms with Crippen molar-refractivity contribution in [2.24, 2.45) is 0 Å². The summed E-state index contributed by atoms with van der Waals surface area (Å²) >= 11 is 6.02. The second kappa shape index (κ2) is 7.07. The van der Waals surface area contributed by atoms with Gasteiger partial charge in [-0.2, -0.15) is 0 Å². The van der Waals surface area contributed by atoms with Crippen LogP contribution < -0.4 is 4.74 Å². The number of fused-ring (bicyclic) bond motifs is 1. The quantitative estimate of drug-likeness (QED) is 0.545. The summed E-state index contributed by atoms with van der Waals surface area (Å²) in [6.07, 6.45) is 2.60. The van der Waals surface area contributed by atoms with Crippen molar-refractivity contribution >= 4 is 34.3 Å². The Bertz CT molecular complexity index is 962. The molecule has 0 aliphatic heterocycles. The largest absolute Gasteiger partial charge is 0.423 e. The molecular weight excluding hydrogens is 340 g/mol. The maximum absolute atomic E-state index is 12.9. The number of aryl methyl sites for hydroxylation is 1. The minimum Gasteiger partial charge on any atom is -0.423 e. The molecule has 0 bridgehead atoms. The van der Waals surface area contributed by atoms with Gasteiger partial charge in [0.05, 0.1) is 5.52 Å². The molecule has 3 rings (SSSR count). The summed E-state index contributed by atoms with van der Waals surface area (Å²) < 4.78 is 5.43. The van der Waals surface area contributed by atoms with E-state index in [2.05, 4.69) is 9.97 Å². The van der Waals surface area contributed by atoms with Crippen LogP contribution in [-0.2, 0) is 11.2 Å². The summed E-state index contributed by atoms with van der Waals surface area (Å²) in [5, 5.41) is 1.15. The summed E-state index contributed by atoms with van der Waals surface area (Å²) in [4.78, 5) is 31.9. The van der Waals surface area contributed by atoms with Crippen LogP contribution in [-0.4, -0.2) is 21.7 Å². The SMILES string of the molecule is CCC(=O)Oc1c(C(=O)c2cc(CC)ccn2)[nH]c2cc(Cl)ccc12. The molecule has 0 radical (unpaired) electrons. The Hall–Kier alpha value is -2.66. The molecule has 0 amide bonds. The number of hydrogen-bond acceptors (Lipinski definition) is 4. The van der Waals surface area contributed by atoms with Crippen LogP contribution in [0.25, 0.3) is 10.9 Å². The Kier molecular flexibility index (Phi) is 4.86. The first-order valence-electron chi connectivity index (χ1n) is 8.05. The van der Waals surface area contributed by atoms with Gasteiger partial charge in [0, 0.05) is 23.0 Å². The minimum atomic E-state index is -0.417. The van der Waals surface area contributed by atoms with Crippen molar-refractivity contribution in [2.45, 2.75) is 26.7 Å². The van der Waals surface area contributed by atoms with E-state index in [1.807, 2.05) is 13.0 Å². The first-order chi connectivity index (χ1) is 12.0. The first kappa shape index (κ1) is 17.2. The standard InChI is InChI=1S/C19H17ClN2O3/c1-3-11-7-8-21-15(9-11)18(24)17-19(25-16(23)4-2)13-6-5-12(20)10-14(13)22-17/h5-10,22H,3-4H2,1-2H3. The van der Waals surface area contributed by atoms with E-state index in [1.54, 1.807) is 37.4 Å². The van der Waals surface area contributed by atoms with Gasteiger partial charge in [-0.15, -0.1) is 0 Å². The minimum absolute atomic E-state index is 0.194. The molecule has 128 valence electrons. The summed E-state index contributed by atoms with van der Waals surface area (Å²) in [7, 11) is 0. The number of hydrogen-bond donors (Lipinski definition) is 1. The van der Waals surface area contributed by atoms with Gasteiger partial charge in [-0.3, -0.25) is 14.6 Å². The number of ketones is 1. The molecule has 0 aliphatic rings. The van der Waals surface area contributed by atoms with Crippen molar-refractivity contribution in [1.29, 1.82) is 0 Å². The van der Waals surface area contributed by atoms with Crippen LogP contribution in [0.3, 0.4) is 0 Å². The fourth-order valence-electron chi connectivity index (χ4n) is 2.54. The third-order valence-corrected chi connectivity index (χ3v) is 4.14. The van der Waals surface area contributed by atoms with Gasteiger partial charge in [-0.1, -0.05) is 25.4 Å². The second-order valence-electron chi connectivity index (χ2n) is 5.58. The number of H-pyrrole nitrogens is 1. The van der Waals surface area contributed by atoms with Gasteiger partial charge < -0.3 is 9.72 Å². The molecule has 0 spiro atoms. The van der Waals surface area contributed by atoms with Crippen LogP contribution in [0, 0.1) is 0 Å². The number of halogens is 1.